The maximum absolute atomic E-state index is 12.9. The molecule has 1 aliphatic heterocycles. The first kappa shape index (κ1) is 17.6. The highest BCUT2D eigenvalue weighted by Gasteiger charge is 2.33. The zero-order valence-corrected chi connectivity index (χ0v) is 15.0. The van der Waals surface area contributed by atoms with Gasteiger partial charge in [-0.05, 0) is 47.3 Å². The van der Waals surface area contributed by atoms with Gasteiger partial charge in [0.15, 0.2) is 0 Å². The van der Waals surface area contributed by atoms with E-state index in [1.165, 1.54) is 21.3 Å². The molecule has 1 fully saturated rings. The zero-order valence-electron chi connectivity index (χ0n) is 13.4. The topological polar surface area (TPSA) is 65.1 Å². The number of halogens is 1. The van der Waals surface area contributed by atoms with E-state index in [1.54, 1.807) is 17.0 Å². The van der Waals surface area contributed by atoms with Crippen molar-refractivity contribution in [3.63, 3.8) is 0 Å². The first-order valence-corrected chi connectivity index (χ1v) is 8.13. The van der Waals surface area contributed by atoms with E-state index < -0.39 is 6.04 Å². The van der Waals surface area contributed by atoms with Crippen LogP contribution in [0.5, 0.6) is 11.5 Å². The van der Waals surface area contributed by atoms with E-state index in [0.29, 0.717) is 34.5 Å². The summed E-state index contributed by atoms with van der Waals surface area (Å²) < 4.78 is 16.0. The van der Waals surface area contributed by atoms with Gasteiger partial charge < -0.3 is 19.1 Å². The van der Waals surface area contributed by atoms with Gasteiger partial charge >= 0.3 is 5.97 Å². The Morgan fingerprint density at radius 2 is 1.74 bits per heavy atom. The number of piperidine rings is 1. The third-order valence-electron chi connectivity index (χ3n) is 3.93. The van der Waals surface area contributed by atoms with Crippen molar-refractivity contribution in [3.05, 3.63) is 22.2 Å². The molecule has 23 heavy (non-hydrogen) atoms. The number of hydrogen-bond donors (Lipinski definition) is 0. The minimum atomic E-state index is -0.540. The maximum atomic E-state index is 12.9. The second kappa shape index (κ2) is 7.68. The lowest BCUT2D eigenvalue weighted by atomic mass is 10.0. The highest BCUT2D eigenvalue weighted by molar-refractivity contribution is 9.10. The number of likely N-dealkylation sites (tertiary alicyclic amines) is 1. The molecule has 126 valence electrons. The summed E-state index contributed by atoms with van der Waals surface area (Å²) in [5, 5.41) is 0. The molecule has 0 aromatic heterocycles. The first-order chi connectivity index (χ1) is 11.0. The molecule has 1 amide bonds. The predicted octanol–water partition coefficient (Wildman–Crippen LogP) is 2.63. The summed E-state index contributed by atoms with van der Waals surface area (Å²) in [6.07, 6.45) is 2.38. The van der Waals surface area contributed by atoms with Gasteiger partial charge in [0.2, 0.25) is 0 Å². The molecule has 1 unspecified atom stereocenters. The van der Waals surface area contributed by atoms with E-state index in [2.05, 4.69) is 15.9 Å². The van der Waals surface area contributed by atoms with Gasteiger partial charge in [-0.3, -0.25) is 4.79 Å². The minimum absolute atomic E-state index is 0.232. The highest BCUT2D eigenvalue weighted by atomic mass is 79.9. The van der Waals surface area contributed by atoms with Crippen LogP contribution in [0.15, 0.2) is 16.6 Å². The second-order valence-corrected chi connectivity index (χ2v) is 6.02. The molecular weight excluding hydrogens is 366 g/mol. The van der Waals surface area contributed by atoms with E-state index in [1.807, 2.05) is 0 Å². The Labute approximate surface area is 143 Å². The van der Waals surface area contributed by atoms with Crippen LogP contribution >= 0.6 is 15.9 Å². The average Bonchev–Trinajstić information content (AvgIpc) is 2.60. The summed E-state index contributed by atoms with van der Waals surface area (Å²) in [4.78, 5) is 26.4. The summed E-state index contributed by atoms with van der Waals surface area (Å²) in [5.74, 6) is 0.386. The molecule has 0 N–H and O–H groups in total. The van der Waals surface area contributed by atoms with Crippen molar-refractivity contribution in [3.8, 4) is 11.5 Å². The van der Waals surface area contributed by atoms with Crippen molar-refractivity contribution in [2.45, 2.75) is 25.3 Å². The first-order valence-electron chi connectivity index (χ1n) is 7.33. The Morgan fingerprint density at radius 3 is 2.26 bits per heavy atom. The summed E-state index contributed by atoms with van der Waals surface area (Å²) >= 11 is 3.38. The van der Waals surface area contributed by atoms with Gasteiger partial charge in [0.1, 0.15) is 22.0 Å². The number of esters is 1. The van der Waals surface area contributed by atoms with Crippen LogP contribution in [0.25, 0.3) is 0 Å². The lowest BCUT2D eigenvalue weighted by Gasteiger charge is -2.34. The predicted molar refractivity (Wildman–Crippen MR) is 87.9 cm³/mol. The zero-order chi connectivity index (χ0) is 17.0. The molecule has 0 radical (unpaired) electrons. The monoisotopic (exact) mass is 385 g/mol. The van der Waals surface area contributed by atoms with Crippen LogP contribution in [0.4, 0.5) is 0 Å². The number of benzene rings is 1. The van der Waals surface area contributed by atoms with Crippen LogP contribution < -0.4 is 9.47 Å². The molecular formula is C16H20BrNO5. The Morgan fingerprint density at radius 1 is 1.13 bits per heavy atom. The third kappa shape index (κ3) is 3.60. The number of carbonyl (C=O) groups excluding carboxylic acids is 2. The SMILES string of the molecule is COC(=O)C1CCCCN1C(=O)c1cc(OC)c(Br)c(OC)c1. The third-order valence-corrected chi connectivity index (χ3v) is 4.71. The average molecular weight is 386 g/mol. The molecule has 0 bridgehead atoms. The Balaban J connectivity index is 2.36. The fourth-order valence-corrected chi connectivity index (χ4v) is 3.27. The summed E-state index contributed by atoms with van der Waals surface area (Å²) in [5.41, 5.74) is 0.415. The molecule has 1 heterocycles. The van der Waals surface area contributed by atoms with E-state index in [-0.39, 0.29) is 11.9 Å². The smallest absolute Gasteiger partial charge is 0.328 e. The van der Waals surface area contributed by atoms with Gasteiger partial charge in [-0.15, -0.1) is 0 Å². The van der Waals surface area contributed by atoms with Gasteiger partial charge in [0.05, 0.1) is 21.3 Å². The van der Waals surface area contributed by atoms with Crippen molar-refractivity contribution < 1.29 is 23.8 Å². The highest BCUT2D eigenvalue weighted by Crippen LogP contribution is 2.36. The van der Waals surface area contributed by atoms with E-state index in [4.69, 9.17) is 14.2 Å². The molecule has 0 aliphatic carbocycles. The molecule has 0 saturated carbocycles. The van der Waals surface area contributed by atoms with Gasteiger partial charge in [0.25, 0.3) is 5.91 Å². The number of rotatable bonds is 4. The van der Waals surface area contributed by atoms with Crippen LogP contribution in [-0.4, -0.2) is 50.7 Å². The molecule has 2 rings (SSSR count). The van der Waals surface area contributed by atoms with Crippen LogP contribution in [0.2, 0.25) is 0 Å². The number of carbonyl (C=O) groups is 2. The largest absolute Gasteiger partial charge is 0.495 e. The summed E-state index contributed by atoms with van der Waals surface area (Å²) in [6.45, 7) is 0.527. The van der Waals surface area contributed by atoms with Gasteiger partial charge in [0, 0.05) is 12.1 Å². The van der Waals surface area contributed by atoms with Crippen molar-refractivity contribution in [1.29, 1.82) is 0 Å². The van der Waals surface area contributed by atoms with Crippen LogP contribution in [0.3, 0.4) is 0 Å². The standard InChI is InChI=1S/C16H20BrNO5/c1-21-12-8-10(9-13(22-2)14(12)17)15(19)18-7-5-4-6-11(18)16(20)23-3/h8-9,11H,4-7H2,1-3H3. The second-order valence-electron chi connectivity index (χ2n) is 5.23. The molecule has 1 aromatic carbocycles. The maximum Gasteiger partial charge on any atom is 0.328 e. The Kier molecular flexibility index (Phi) is 5.87. The molecule has 1 atom stereocenters. The number of nitrogens with zero attached hydrogens (tertiary/aromatic N) is 1. The van der Waals surface area contributed by atoms with Gasteiger partial charge in [-0.2, -0.15) is 0 Å². The number of amides is 1. The fourth-order valence-electron chi connectivity index (χ4n) is 2.71. The lowest BCUT2D eigenvalue weighted by Crippen LogP contribution is -2.48. The van der Waals surface area contributed by atoms with Crippen LogP contribution in [0, 0.1) is 0 Å². The Bertz CT molecular complexity index is 579. The molecule has 6 nitrogen and oxygen atoms in total. The van der Waals surface area contributed by atoms with E-state index >= 15 is 0 Å². The molecule has 0 spiro atoms. The van der Waals surface area contributed by atoms with Crippen LogP contribution in [-0.2, 0) is 9.53 Å². The normalized spacial score (nSPS) is 17.6. The summed E-state index contributed by atoms with van der Waals surface area (Å²) in [7, 11) is 4.38. The van der Waals surface area contributed by atoms with Gasteiger partial charge in [-0.1, -0.05) is 0 Å². The Hall–Kier alpha value is -1.76. The van der Waals surface area contributed by atoms with Crippen molar-refractivity contribution in [2.24, 2.45) is 0 Å². The molecule has 7 heteroatoms. The van der Waals surface area contributed by atoms with Crippen molar-refractivity contribution >= 4 is 27.8 Å². The summed E-state index contributed by atoms with van der Waals surface area (Å²) in [6, 6.07) is 2.73. The fraction of sp³-hybridized carbons (Fsp3) is 0.500. The molecule has 1 aliphatic rings. The quantitative estimate of drug-likeness (QED) is 0.745. The number of methoxy groups -OCH3 is 3. The van der Waals surface area contributed by atoms with Crippen LogP contribution in [0.1, 0.15) is 29.6 Å². The van der Waals surface area contributed by atoms with E-state index in [9.17, 15) is 9.59 Å². The van der Waals surface area contributed by atoms with Crippen molar-refractivity contribution in [1.82, 2.24) is 4.90 Å². The number of hydrogen-bond acceptors (Lipinski definition) is 5. The van der Waals surface area contributed by atoms with E-state index in [0.717, 1.165) is 12.8 Å². The van der Waals surface area contributed by atoms with Crippen molar-refractivity contribution in [2.75, 3.05) is 27.9 Å². The van der Waals surface area contributed by atoms with Gasteiger partial charge in [-0.25, -0.2) is 4.79 Å². The minimum Gasteiger partial charge on any atom is -0.495 e. The molecule has 1 saturated heterocycles. The number of ether oxygens (including phenoxy) is 3. The lowest BCUT2D eigenvalue weighted by molar-refractivity contribution is -0.147. The molecule has 1 aromatic rings.